The van der Waals surface area contributed by atoms with Gasteiger partial charge in [-0.1, -0.05) is 114 Å². The van der Waals surface area contributed by atoms with E-state index in [0.717, 1.165) is 28.5 Å². The number of hydrogen-bond acceptors (Lipinski definition) is 7. The Kier molecular flexibility index (Phi) is 17.3. The molecule has 0 saturated carbocycles. The number of benzene rings is 5. The van der Waals surface area contributed by atoms with Gasteiger partial charge in [0.15, 0.2) is 11.5 Å². The molecule has 0 amide bonds. The number of unbranched alkanes of at least 4 members (excludes halogenated alkanes) is 13. The first-order valence-electron chi connectivity index (χ1n) is 20.1. The first-order valence-corrected chi connectivity index (χ1v) is 20.5. The Labute approximate surface area is 337 Å². The molecule has 294 valence electrons. The van der Waals surface area contributed by atoms with Gasteiger partial charge in [0.25, 0.3) is 0 Å². The van der Waals surface area contributed by atoms with Gasteiger partial charge in [-0.25, -0.2) is 9.59 Å². The molecule has 0 radical (unpaired) electrons. The Morgan fingerprint density at radius 1 is 0.571 bits per heavy atom. The van der Waals surface area contributed by atoms with Crippen molar-refractivity contribution < 1.29 is 28.5 Å². The van der Waals surface area contributed by atoms with E-state index in [0.29, 0.717) is 39.9 Å². The quantitative estimate of drug-likeness (QED) is 0.0284. The summed E-state index contributed by atoms with van der Waals surface area (Å²) in [6.07, 6.45) is 20.4. The SMILES string of the molecule is CCCCCCCCCCCCCCCCOc1ccc2cc(C(=O)Oc3ccc(N=Cc4ccc(OC(=O)c5ccc(Cl)cc5)c(OC)c4)cc3)ccc2c1. The number of aliphatic imine (C=N–C) groups is 1. The predicted molar refractivity (Wildman–Crippen MR) is 228 cm³/mol. The van der Waals surface area contributed by atoms with Crippen LogP contribution in [0.15, 0.2) is 108 Å². The molecule has 0 bridgehead atoms. The van der Waals surface area contributed by atoms with Crippen molar-refractivity contribution in [1.29, 1.82) is 0 Å². The van der Waals surface area contributed by atoms with Crippen LogP contribution in [0.1, 0.15) is 123 Å². The highest BCUT2D eigenvalue weighted by molar-refractivity contribution is 6.30. The zero-order valence-electron chi connectivity index (χ0n) is 32.8. The average molecular weight is 776 g/mol. The number of esters is 2. The maximum Gasteiger partial charge on any atom is 0.343 e. The van der Waals surface area contributed by atoms with E-state index < -0.39 is 11.9 Å². The largest absolute Gasteiger partial charge is 0.494 e. The van der Waals surface area contributed by atoms with E-state index in [2.05, 4.69) is 11.9 Å². The molecule has 56 heavy (non-hydrogen) atoms. The predicted octanol–water partition coefficient (Wildman–Crippen LogP) is 13.6. The van der Waals surface area contributed by atoms with Crippen LogP contribution >= 0.6 is 11.6 Å². The maximum atomic E-state index is 13.0. The number of carbonyl (C=O) groups excluding carboxylic acids is 2. The van der Waals surface area contributed by atoms with Crippen molar-refractivity contribution in [1.82, 2.24) is 0 Å². The standard InChI is InChI=1S/C48H54ClNO6/c1-3-4-5-6-7-8-9-10-11-12-13-14-15-16-31-54-44-27-22-38-33-40(19-18-39(38)34-44)48(52)55-43-28-25-42(26-29-43)50-35-36-17-30-45(46(32-36)53-2)56-47(51)37-20-23-41(49)24-21-37/h17-30,32-35H,3-16,31H2,1-2H3. The molecule has 0 aliphatic heterocycles. The fraction of sp³-hybridized carbons (Fsp3) is 0.354. The number of rotatable bonds is 23. The van der Waals surface area contributed by atoms with Crippen LogP contribution in [0.4, 0.5) is 5.69 Å². The molecule has 0 aromatic heterocycles. The lowest BCUT2D eigenvalue weighted by molar-refractivity contribution is 0.0722. The minimum Gasteiger partial charge on any atom is -0.494 e. The number of halogens is 1. The van der Waals surface area contributed by atoms with Gasteiger partial charge in [-0.15, -0.1) is 0 Å². The summed E-state index contributed by atoms with van der Waals surface area (Å²) >= 11 is 5.92. The normalized spacial score (nSPS) is 11.2. The van der Waals surface area contributed by atoms with Crippen LogP contribution < -0.4 is 18.9 Å². The molecule has 5 aromatic rings. The van der Waals surface area contributed by atoms with Crippen LogP contribution in [0.3, 0.4) is 0 Å². The summed E-state index contributed by atoms with van der Waals surface area (Å²) in [5.74, 6) is 0.965. The van der Waals surface area contributed by atoms with Gasteiger partial charge < -0.3 is 18.9 Å². The molecule has 0 aliphatic rings. The molecule has 0 N–H and O–H groups in total. The second-order valence-corrected chi connectivity index (χ2v) is 14.6. The monoisotopic (exact) mass is 775 g/mol. The zero-order chi connectivity index (χ0) is 39.4. The van der Waals surface area contributed by atoms with Crippen LogP contribution in [0, 0.1) is 0 Å². The van der Waals surface area contributed by atoms with Crippen molar-refractivity contribution >= 4 is 46.2 Å². The van der Waals surface area contributed by atoms with Crippen molar-refractivity contribution in [2.75, 3.05) is 13.7 Å². The Morgan fingerprint density at radius 2 is 1.14 bits per heavy atom. The lowest BCUT2D eigenvalue weighted by Crippen LogP contribution is -2.09. The van der Waals surface area contributed by atoms with Crippen LogP contribution in [-0.2, 0) is 0 Å². The van der Waals surface area contributed by atoms with Crippen molar-refractivity contribution in [2.45, 2.75) is 96.8 Å². The van der Waals surface area contributed by atoms with Gasteiger partial charge in [0.05, 0.1) is 30.5 Å². The minimum atomic E-state index is -0.521. The number of ether oxygens (including phenoxy) is 4. The molecular formula is C48H54ClNO6. The molecule has 0 saturated heterocycles. The van der Waals surface area contributed by atoms with Crippen LogP contribution in [0.2, 0.25) is 5.02 Å². The zero-order valence-corrected chi connectivity index (χ0v) is 33.5. The molecule has 0 fully saturated rings. The first kappa shape index (κ1) is 42.0. The second-order valence-electron chi connectivity index (χ2n) is 14.1. The summed E-state index contributed by atoms with van der Waals surface area (Å²) in [5.41, 5.74) is 2.24. The number of methoxy groups -OCH3 is 1. The topological polar surface area (TPSA) is 83.4 Å². The van der Waals surface area contributed by atoms with Crippen molar-refractivity contribution in [3.8, 4) is 23.0 Å². The van der Waals surface area contributed by atoms with Crippen molar-refractivity contribution in [3.05, 3.63) is 125 Å². The number of hydrogen-bond donors (Lipinski definition) is 0. The summed E-state index contributed by atoms with van der Waals surface area (Å²) in [5, 5.41) is 2.48. The molecule has 8 heteroatoms. The Hall–Kier alpha value is -5.14. The molecule has 7 nitrogen and oxygen atoms in total. The third kappa shape index (κ3) is 13.9. The summed E-state index contributed by atoms with van der Waals surface area (Å²) < 4.78 is 22.7. The fourth-order valence-electron chi connectivity index (χ4n) is 6.44. The Balaban J connectivity index is 1.01. The molecule has 0 unspecified atom stereocenters. The molecular weight excluding hydrogens is 722 g/mol. The third-order valence-electron chi connectivity index (χ3n) is 9.69. The van der Waals surface area contributed by atoms with Crippen LogP contribution in [0.5, 0.6) is 23.0 Å². The van der Waals surface area contributed by atoms with Gasteiger partial charge in [-0.3, -0.25) is 4.99 Å². The number of fused-ring (bicyclic) bond motifs is 1. The fourth-order valence-corrected chi connectivity index (χ4v) is 6.56. The summed E-state index contributed by atoms with van der Waals surface area (Å²) in [6, 6.07) is 30.0. The highest BCUT2D eigenvalue weighted by atomic mass is 35.5. The third-order valence-corrected chi connectivity index (χ3v) is 9.95. The average Bonchev–Trinajstić information content (AvgIpc) is 3.22. The molecule has 0 aliphatic carbocycles. The number of carbonyl (C=O) groups is 2. The maximum absolute atomic E-state index is 13.0. The molecule has 5 aromatic carbocycles. The highest BCUT2D eigenvalue weighted by Crippen LogP contribution is 2.29. The smallest absolute Gasteiger partial charge is 0.343 e. The van der Waals surface area contributed by atoms with Crippen molar-refractivity contribution in [3.63, 3.8) is 0 Å². The van der Waals surface area contributed by atoms with E-state index in [1.165, 1.54) is 90.6 Å². The second kappa shape index (κ2) is 23.1. The number of nitrogens with zero attached hydrogens (tertiary/aromatic N) is 1. The lowest BCUT2D eigenvalue weighted by Gasteiger charge is -2.10. The van der Waals surface area contributed by atoms with Crippen LogP contribution in [-0.4, -0.2) is 31.9 Å². The van der Waals surface area contributed by atoms with E-state index in [1.807, 2.05) is 30.3 Å². The molecule has 0 spiro atoms. The van der Waals surface area contributed by atoms with Gasteiger partial charge >= 0.3 is 11.9 Å². The Bertz CT molecular complexity index is 2010. The van der Waals surface area contributed by atoms with E-state index in [1.54, 1.807) is 79.0 Å². The van der Waals surface area contributed by atoms with Gasteiger partial charge in [-0.05, 0) is 114 Å². The van der Waals surface area contributed by atoms with Crippen LogP contribution in [0.25, 0.3) is 10.8 Å². The van der Waals surface area contributed by atoms with Gasteiger partial charge in [0, 0.05) is 11.2 Å². The van der Waals surface area contributed by atoms with Gasteiger partial charge in [-0.2, -0.15) is 0 Å². The molecule has 0 atom stereocenters. The first-order chi connectivity index (χ1) is 27.4. The minimum absolute atomic E-state index is 0.284. The van der Waals surface area contributed by atoms with E-state index in [-0.39, 0.29) is 5.75 Å². The van der Waals surface area contributed by atoms with E-state index >= 15 is 0 Å². The lowest BCUT2D eigenvalue weighted by atomic mass is 10.0. The van der Waals surface area contributed by atoms with Gasteiger partial charge in [0.2, 0.25) is 0 Å². The summed E-state index contributed by atoms with van der Waals surface area (Å²) in [7, 11) is 1.50. The summed E-state index contributed by atoms with van der Waals surface area (Å²) in [6.45, 7) is 2.99. The van der Waals surface area contributed by atoms with Gasteiger partial charge in [0.1, 0.15) is 11.5 Å². The highest BCUT2D eigenvalue weighted by Gasteiger charge is 2.14. The van der Waals surface area contributed by atoms with Crippen molar-refractivity contribution in [2.24, 2.45) is 4.99 Å². The molecule has 5 rings (SSSR count). The van der Waals surface area contributed by atoms with E-state index in [9.17, 15) is 9.59 Å². The molecule has 0 heterocycles. The summed E-state index contributed by atoms with van der Waals surface area (Å²) in [4.78, 5) is 30.1. The Morgan fingerprint density at radius 3 is 1.80 bits per heavy atom. The van der Waals surface area contributed by atoms with E-state index in [4.69, 9.17) is 30.5 Å².